The number of likely N-dealkylation sites (tertiary alicyclic amines) is 1. The molecule has 0 bridgehead atoms. The van der Waals surface area contributed by atoms with Crippen LogP contribution in [-0.4, -0.2) is 71.0 Å². The third-order valence-corrected chi connectivity index (χ3v) is 7.39. The molecule has 1 aromatic carbocycles. The normalized spacial score (nSPS) is 20.6. The van der Waals surface area contributed by atoms with E-state index in [1.165, 1.54) is 22.5 Å². The van der Waals surface area contributed by atoms with Gasteiger partial charge in [-0.2, -0.15) is 0 Å². The number of furan rings is 1. The minimum atomic E-state index is -0.795. The van der Waals surface area contributed by atoms with E-state index < -0.39 is 17.7 Å². The zero-order valence-electron chi connectivity index (χ0n) is 19.5. The van der Waals surface area contributed by atoms with Gasteiger partial charge in [0.1, 0.15) is 22.5 Å². The molecule has 2 fully saturated rings. The molecule has 4 heterocycles. The number of ketones is 1. The zero-order chi connectivity index (χ0) is 24.4. The first kappa shape index (κ1) is 23.5. The number of ether oxygens (including phenoxy) is 1. The van der Waals surface area contributed by atoms with E-state index in [9.17, 15) is 14.7 Å². The van der Waals surface area contributed by atoms with Gasteiger partial charge in [0.2, 0.25) is 0 Å². The Morgan fingerprint density at radius 2 is 1.89 bits per heavy atom. The largest absolute Gasteiger partial charge is 0.505 e. The van der Waals surface area contributed by atoms with Crippen molar-refractivity contribution in [3.63, 3.8) is 0 Å². The molecule has 1 N–H and O–H groups in total. The Morgan fingerprint density at radius 3 is 2.60 bits per heavy atom. The highest BCUT2D eigenvalue weighted by molar-refractivity contribution is 7.15. The summed E-state index contributed by atoms with van der Waals surface area (Å²) >= 11 is 1.43. The summed E-state index contributed by atoms with van der Waals surface area (Å²) in [5.41, 5.74) is 1.26. The summed E-state index contributed by atoms with van der Waals surface area (Å²) in [6, 6.07) is 12.3. The van der Waals surface area contributed by atoms with Crippen molar-refractivity contribution in [2.45, 2.75) is 19.4 Å². The van der Waals surface area contributed by atoms with E-state index in [2.05, 4.69) is 9.88 Å². The molecule has 1 amide bonds. The van der Waals surface area contributed by atoms with Gasteiger partial charge >= 0.3 is 0 Å². The van der Waals surface area contributed by atoms with Crippen LogP contribution in [0.2, 0.25) is 0 Å². The van der Waals surface area contributed by atoms with Gasteiger partial charge in [-0.1, -0.05) is 30.3 Å². The Hall–Kier alpha value is -3.27. The fourth-order valence-electron chi connectivity index (χ4n) is 4.59. The first-order valence-corrected chi connectivity index (χ1v) is 12.5. The van der Waals surface area contributed by atoms with E-state index in [0.717, 1.165) is 35.1 Å². The van der Waals surface area contributed by atoms with Crippen molar-refractivity contribution < 1.29 is 23.8 Å². The van der Waals surface area contributed by atoms with Crippen molar-refractivity contribution >= 4 is 28.8 Å². The van der Waals surface area contributed by atoms with E-state index in [0.29, 0.717) is 37.6 Å². The second-order valence-electron chi connectivity index (χ2n) is 8.61. The van der Waals surface area contributed by atoms with Gasteiger partial charge in [0, 0.05) is 36.6 Å². The van der Waals surface area contributed by atoms with Crippen LogP contribution in [-0.2, 0) is 14.3 Å². The third kappa shape index (κ3) is 4.67. The third-order valence-electron chi connectivity index (χ3n) is 6.37. The summed E-state index contributed by atoms with van der Waals surface area (Å²) in [5.74, 6) is -1.18. The van der Waals surface area contributed by atoms with Crippen molar-refractivity contribution in [3.05, 3.63) is 70.6 Å². The summed E-state index contributed by atoms with van der Waals surface area (Å²) in [7, 11) is 0. The SMILES string of the molecule is Cc1sc(-c2ccccc2)nc1C(O)=C1C(=O)C(=O)N(CCCN2CCOCC2)C1c1ccco1. The second-order valence-corrected chi connectivity index (χ2v) is 9.81. The number of thiazole rings is 1. The van der Waals surface area contributed by atoms with Crippen LogP contribution in [0.25, 0.3) is 16.3 Å². The summed E-state index contributed by atoms with van der Waals surface area (Å²) < 4.78 is 11.0. The van der Waals surface area contributed by atoms with Gasteiger partial charge < -0.3 is 19.2 Å². The summed E-state index contributed by atoms with van der Waals surface area (Å²) in [6.45, 7) is 6.13. The molecule has 2 aromatic heterocycles. The molecule has 35 heavy (non-hydrogen) atoms. The van der Waals surface area contributed by atoms with Gasteiger partial charge in [-0.3, -0.25) is 14.5 Å². The van der Waals surface area contributed by atoms with Gasteiger partial charge in [-0.05, 0) is 25.5 Å². The highest BCUT2D eigenvalue weighted by Crippen LogP contribution is 2.41. The standard InChI is InChI=1S/C26H27N3O5S/c1-17-21(27-25(35-17)18-7-3-2-4-8-18)23(30)20-22(19-9-5-14-34-19)29(26(32)24(20)31)11-6-10-28-12-15-33-16-13-28/h2-5,7-9,14,22,30H,6,10-13,15-16H2,1H3. The van der Waals surface area contributed by atoms with Crippen LogP contribution in [0.3, 0.4) is 0 Å². The lowest BCUT2D eigenvalue weighted by molar-refractivity contribution is -0.140. The van der Waals surface area contributed by atoms with Crippen molar-refractivity contribution in [2.24, 2.45) is 0 Å². The molecule has 0 spiro atoms. The minimum Gasteiger partial charge on any atom is -0.505 e. The van der Waals surface area contributed by atoms with E-state index >= 15 is 0 Å². The summed E-state index contributed by atoms with van der Waals surface area (Å²) in [6.07, 6.45) is 2.20. The number of nitrogens with zero attached hydrogens (tertiary/aromatic N) is 3. The topological polar surface area (TPSA) is 96.1 Å². The van der Waals surface area contributed by atoms with Gasteiger partial charge in [-0.15, -0.1) is 11.3 Å². The molecule has 8 nitrogen and oxygen atoms in total. The number of aryl methyl sites for hydroxylation is 1. The average molecular weight is 494 g/mol. The number of benzene rings is 1. The molecule has 2 saturated heterocycles. The predicted octanol–water partition coefficient (Wildman–Crippen LogP) is 3.86. The van der Waals surface area contributed by atoms with Crippen LogP contribution in [0.5, 0.6) is 0 Å². The van der Waals surface area contributed by atoms with Crippen LogP contribution in [0.1, 0.15) is 28.8 Å². The van der Waals surface area contributed by atoms with Crippen molar-refractivity contribution in [2.75, 3.05) is 39.4 Å². The smallest absolute Gasteiger partial charge is 0.295 e. The molecular formula is C26H27N3O5S. The van der Waals surface area contributed by atoms with Crippen LogP contribution >= 0.6 is 11.3 Å². The number of aromatic nitrogens is 1. The van der Waals surface area contributed by atoms with Gasteiger partial charge in [0.25, 0.3) is 11.7 Å². The maximum atomic E-state index is 13.2. The fourth-order valence-corrected chi connectivity index (χ4v) is 5.51. The Kier molecular flexibility index (Phi) is 6.81. The van der Waals surface area contributed by atoms with Crippen LogP contribution in [0.15, 0.2) is 58.7 Å². The Balaban J connectivity index is 1.47. The van der Waals surface area contributed by atoms with E-state index in [1.54, 1.807) is 12.1 Å². The van der Waals surface area contributed by atoms with Gasteiger partial charge in [0.15, 0.2) is 5.76 Å². The van der Waals surface area contributed by atoms with Gasteiger partial charge in [-0.25, -0.2) is 4.98 Å². The molecule has 182 valence electrons. The Labute approximate surface area is 207 Å². The molecule has 2 aliphatic heterocycles. The zero-order valence-corrected chi connectivity index (χ0v) is 20.3. The van der Waals surface area contributed by atoms with Crippen molar-refractivity contribution in [1.29, 1.82) is 0 Å². The number of aliphatic hydroxyl groups excluding tert-OH is 1. The molecule has 9 heteroatoms. The minimum absolute atomic E-state index is 0.0179. The van der Waals surface area contributed by atoms with Gasteiger partial charge in [0.05, 0.1) is 25.1 Å². The summed E-state index contributed by atoms with van der Waals surface area (Å²) in [4.78, 5) is 35.5. The number of carbonyl (C=O) groups is 2. The molecule has 1 atom stereocenters. The van der Waals surface area contributed by atoms with E-state index in [1.807, 2.05) is 37.3 Å². The van der Waals surface area contributed by atoms with Crippen molar-refractivity contribution in [3.8, 4) is 10.6 Å². The van der Waals surface area contributed by atoms with E-state index in [-0.39, 0.29) is 11.3 Å². The fraction of sp³-hybridized carbons (Fsp3) is 0.346. The highest BCUT2D eigenvalue weighted by atomic mass is 32.1. The number of morpholine rings is 1. The first-order chi connectivity index (χ1) is 17.0. The summed E-state index contributed by atoms with van der Waals surface area (Å²) in [5, 5.41) is 12.1. The molecule has 1 unspecified atom stereocenters. The number of rotatable bonds is 7. The monoisotopic (exact) mass is 493 g/mol. The number of amides is 1. The Bertz CT molecular complexity index is 1230. The number of hydrogen-bond donors (Lipinski definition) is 1. The predicted molar refractivity (Wildman–Crippen MR) is 132 cm³/mol. The lowest BCUT2D eigenvalue weighted by atomic mass is 10.0. The molecule has 0 radical (unpaired) electrons. The van der Waals surface area contributed by atoms with Crippen LogP contribution < -0.4 is 0 Å². The number of carbonyl (C=O) groups excluding carboxylic acids is 2. The number of hydrogen-bond acceptors (Lipinski definition) is 8. The molecule has 2 aliphatic rings. The van der Waals surface area contributed by atoms with Crippen LogP contribution in [0.4, 0.5) is 0 Å². The molecular weight excluding hydrogens is 466 g/mol. The lowest BCUT2D eigenvalue weighted by Gasteiger charge is -2.28. The Morgan fingerprint density at radius 1 is 1.11 bits per heavy atom. The number of aliphatic hydroxyl groups is 1. The molecule has 0 aliphatic carbocycles. The molecule has 3 aromatic rings. The second kappa shape index (κ2) is 10.2. The highest BCUT2D eigenvalue weighted by Gasteiger charge is 2.47. The maximum absolute atomic E-state index is 13.2. The lowest BCUT2D eigenvalue weighted by Crippen LogP contribution is -2.38. The first-order valence-electron chi connectivity index (χ1n) is 11.7. The van der Waals surface area contributed by atoms with Crippen molar-refractivity contribution in [1.82, 2.24) is 14.8 Å². The van der Waals surface area contributed by atoms with E-state index in [4.69, 9.17) is 9.15 Å². The molecule has 5 rings (SSSR count). The maximum Gasteiger partial charge on any atom is 0.295 e. The number of Topliss-reactive ketones (excluding diaryl/α,β-unsaturated/α-hetero) is 1. The van der Waals surface area contributed by atoms with Crippen LogP contribution in [0, 0.1) is 6.92 Å². The molecule has 0 saturated carbocycles. The average Bonchev–Trinajstić information content (AvgIpc) is 3.60. The quantitative estimate of drug-likeness (QED) is 0.303.